The third-order valence-corrected chi connectivity index (χ3v) is 5.03. The van der Waals surface area contributed by atoms with Crippen LogP contribution >= 0.6 is 22.7 Å². The molecule has 4 nitrogen and oxygen atoms in total. The maximum atomic E-state index is 12.0. The van der Waals surface area contributed by atoms with E-state index in [-0.39, 0.29) is 5.91 Å². The van der Waals surface area contributed by atoms with E-state index in [1.807, 2.05) is 31.4 Å². The Morgan fingerprint density at radius 2 is 2.18 bits per heavy atom. The van der Waals surface area contributed by atoms with E-state index < -0.39 is 5.97 Å². The van der Waals surface area contributed by atoms with Crippen molar-refractivity contribution in [2.75, 3.05) is 12.4 Å². The lowest BCUT2D eigenvalue weighted by molar-refractivity contribution is -0.111. The second-order valence-corrected chi connectivity index (χ2v) is 6.73. The van der Waals surface area contributed by atoms with Crippen molar-refractivity contribution in [3.63, 3.8) is 0 Å². The van der Waals surface area contributed by atoms with Gasteiger partial charge >= 0.3 is 5.97 Å². The van der Waals surface area contributed by atoms with Crippen molar-refractivity contribution < 1.29 is 14.3 Å². The maximum absolute atomic E-state index is 12.0. The van der Waals surface area contributed by atoms with Crippen LogP contribution in [0.2, 0.25) is 0 Å². The van der Waals surface area contributed by atoms with Crippen LogP contribution in [0.15, 0.2) is 23.6 Å². The minimum absolute atomic E-state index is 0.262. The Morgan fingerprint density at radius 1 is 1.41 bits per heavy atom. The van der Waals surface area contributed by atoms with E-state index in [0.717, 1.165) is 15.3 Å². The van der Waals surface area contributed by atoms with Gasteiger partial charge in [-0.25, -0.2) is 4.79 Å². The molecule has 0 saturated carbocycles. The number of anilines is 1. The molecule has 2 rings (SSSR count). The fourth-order valence-corrected chi connectivity index (χ4v) is 3.86. The van der Waals surface area contributed by atoms with E-state index >= 15 is 0 Å². The van der Waals surface area contributed by atoms with Crippen LogP contribution in [0, 0.1) is 6.92 Å². The molecule has 6 heteroatoms. The summed E-state index contributed by atoms with van der Waals surface area (Å²) in [6.07, 6.45) is 3.93. The Labute approximate surface area is 137 Å². The Bertz CT molecular complexity index is 699. The normalized spacial score (nSPS) is 10.9. The van der Waals surface area contributed by atoms with E-state index in [4.69, 9.17) is 4.74 Å². The maximum Gasteiger partial charge on any atom is 0.341 e. The van der Waals surface area contributed by atoms with Crippen LogP contribution in [0.3, 0.4) is 0 Å². The first-order chi connectivity index (χ1) is 10.6. The lowest BCUT2D eigenvalue weighted by Gasteiger charge is -2.05. The zero-order valence-corrected chi connectivity index (χ0v) is 14.3. The van der Waals surface area contributed by atoms with Gasteiger partial charge in [-0.1, -0.05) is 13.0 Å². The molecule has 0 saturated heterocycles. The number of nitrogens with one attached hydrogen (secondary N) is 1. The molecule has 0 aliphatic rings. The number of hydrogen-bond acceptors (Lipinski definition) is 5. The Hall–Kier alpha value is -1.92. The number of ether oxygens (including phenoxy) is 1. The number of aryl methyl sites for hydroxylation is 1. The van der Waals surface area contributed by atoms with Gasteiger partial charge < -0.3 is 10.1 Å². The summed E-state index contributed by atoms with van der Waals surface area (Å²) in [6.45, 7) is 3.91. The van der Waals surface area contributed by atoms with Gasteiger partial charge in [-0.05, 0) is 36.4 Å². The van der Waals surface area contributed by atoms with Gasteiger partial charge in [0.2, 0.25) is 5.91 Å². The van der Waals surface area contributed by atoms with Gasteiger partial charge in [0.15, 0.2) is 0 Å². The van der Waals surface area contributed by atoms with Gasteiger partial charge in [-0.3, -0.25) is 4.79 Å². The number of rotatable bonds is 5. The predicted octanol–water partition coefficient (Wildman–Crippen LogP) is 4.12. The smallest absolute Gasteiger partial charge is 0.341 e. The van der Waals surface area contributed by atoms with Gasteiger partial charge in [-0.2, -0.15) is 0 Å². The van der Waals surface area contributed by atoms with E-state index in [9.17, 15) is 9.59 Å². The van der Waals surface area contributed by atoms with Crippen LogP contribution in [0.1, 0.15) is 32.6 Å². The SMILES string of the molecule is CCc1c(C)sc(NC(=O)C=Cc2cccs2)c1C(=O)OC. The highest BCUT2D eigenvalue weighted by Crippen LogP contribution is 2.34. The molecule has 0 aliphatic heterocycles. The van der Waals surface area contributed by atoms with Crippen molar-refractivity contribution in [2.45, 2.75) is 20.3 Å². The van der Waals surface area contributed by atoms with Crippen LogP contribution < -0.4 is 5.32 Å². The van der Waals surface area contributed by atoms with Gasteiger partial charge in [0.1, 0.15) is 5.00 Å². The van der Waals surface area contributed by atoms with Gasteiger partial charge in [0, 0.05) is 15.8 Å². The Morgan fingerprint density at radius 3 is 2.77 bits per heavy atom. The molecule has 1 amide bonds. The fourth-order valence-electron chi connectivity index (χ4n) is 2.11. The zero-order valence-electron chi connectivity index (χ0n) is 12.6. The zero-order chi connectivity index (χ0) is 16.1. The van der Waals surface area contributed by atoms with E-state index in [2.05, 4.69) is 5.32 Å². The van der Waals surface area contributed by atoms with Gasteiger partial charge in [0.05, 0.1) is 12.7 Å². The molecule has 2 heterocycles. The molecule has 0 aromatic carbocycles. The number of hydrogen-bond donors (Lipinski definition) is 1. The van der Waals surface area contributed by atoms with E-state index in [1.165, 1.54) is 24.5 Å². The monoisotopic (exact) mass is 335 g/mol. The first kappa shape index (κ1) is 16.5. The van der Waals surface area contributed by atoms with E-state index in [0.29, 0.717) is 17.0 Å². The molecule has 22 heavy (non-hydrogen) atoms. The Kier molecular flexibility index (Phi) is 5.51. The lowest BCUT2D eigenvalue weighted by atomic mass is 10.1. The van der Waals surface area contributed by atoms with Crippen LogP contribution in [-0.2, 0) is 16.0 Å². The summed E-state index contributed by atoms with van der Waals surface area (Å²) in [5, 5.41) is 5.27. The number of methoxy groups -OCH3 is 1. The summed E-state index contributed by atoms with van der Waals surface area (Å²) in [4.78, 5) is 26.0. The average molecular weight is 335 g/mol. The van der Waals surface area contributed by atoms with Crippen molar-refractivity contribution >= 4 is 45.6 Å². The number of carbonyl (C=O) groups is 2. The first-order valence-electron chi connectivity index (χ1n) is 6.80. The van der Waals surface area contributed by atoms with Crippen molar-refractivity contribution in [1.29, 1.82) is 0 Å². The largest absolute Gasteiger partial charge is 0.465 e. The van der Waals surface area contributed by atoms with Gasteiger partial charge in [0.25, 0.3) is 0 Å². The molecule has 0 aliphatic carbocycles. The molecule has 116 valence electrons. The second-order valence-electron chi connectivity index (χ2n) is 4.52. The minimum atomic E-state index is -0.418. The van der Waals surface area contributed by atoms with E-state index in [1.54, 1.807) is 17.4 Å². The number of amides is 1. The molecule has 1 N–H and O–H groups in total. The second kappa shape index (κ2) is 7.38. The molecule has 0 unspecified atom stereocenters. The standard InChI is InChI=1S/C16H17NO3S2/c1-4-12-10(2)22-15(14(12)16(19)20-3)17-13(18)8-7-11-6-5-9-21-11/h5-9H,4H2,1-3H3,(H,17,18). The third-order valence-electron chi connectivity index (χ3n) is 3.13. The molecule has 2 aromatic heterocycles. The van der Waals surface area contributed by atoms with Crippen LogP contribution in [0.5, 0.6) is 0 Å². The van der Waals surface area contributed by atoms with Crippen molar-refractivity contribution in [3.8, 4) is 0 Å². The third kappa shape index (κ3) is 3.64. The molecule has 0 radical (unpaired) electrons. The summed E-state index contributed by atoms with van der Waals surface area (Å²) in [7, 11) is 1.34. The lowest BCUT2D eigenvalue weighted by Crippen LogP contribution is -2.12. The fraction of sp³-hybridized carbons (Fsp3) is 0.250. The molecule has 0 atom stereocenters. The van der Waals surface area contributed by atoms with Crippen molar-refractivity contribution in [1.82, 2.24) is 0 Å². The Balaban J connectivity index is 2.22. The summed E-state index contributed by atoms with van der Waals surface area (Å²) < 4.78 is 4.83. The van der Waals surface area contributed by atoms with Crippen molar-refractivity contribution in [3.05, 3.63) is 44.5 Å². The van der Waals surface area contributed by atoms with Crippen LogP contribution in [0.4, 0.5) is 5.00 Å². The molecule has 2 aromatic rings. The highest BCUT2D eigenvalue weighted by Gasteiger charge is 2.22. The first-order valence-corrected chi connectivity index (χ1v) is 8.49. The quantitative estimate of drug-likeness (QED) is 0.660. The highest BCUT2D eigenvalue weighted by atomic mass is 32.1. The molecule has 0 spiro atoms. The number of esters is 1. The van der Waals surface area contributed by atoms with Crippen LogP contribution in [-0.4, -0.2) is 19.0 Å². The number of carbonyl (C=O) groups excluding carboxylic acids is 2. The summed E-state index contributed by atoms with van der Waals surface area (Å²) in [5.41, 5.74) is 1.39. The molecule has 0 bridgehead atoms. The summed E-state index contributed by atoms with van der Waals surface area (Å²) in [6, 6.07) is 3.85. The summed E-state index contributed by atoms with van der Waals surface area (Å²) >= 11 is 2.95. The summed E-state index contributed by atoms with van der Waals surface area (Å²) in [5.74, 6) is -0.679. The highest BCUT2D eigenvalue weighted by molar-refractivity contribution is 7.16. The predicted molar refractivity (Wildman–Crippen MR) is 91.8 cm³/mol. The topological polar surface area (TPSA) is 55.4 Å². The average Bonchev–Trinajstić information content (AvgIpc) is 3.11. The molecule has 0 fully saturated rings. The van der Waals surface area contributed by atoms with Crippen LogP contribution in [0.25, 0.3) is 6.08 Å². The van der Waals surface area contributed by atoms with Gasteiger partial charge in [-0.15, -0.1) is 22.7 Å². The molecular formula is C16H17NO3S2. The minimum Gasteiger partial charge on any atom is -0.465 e. The number of thiophene rings is 2. The molecular weight excluding hydrogens is 318 g/mol. The van der Waals surface area contributed by atoms with Crippen molar-refractivity contribution in [2.24, 2.45) is 0 Å².